The van der Waals surface area contributed by atoms with Gasteiger partial charge in [-0.1, -0.05) is 26.0 Å². The lowest BCUT2D eigenvalue weighted by Gasteiger charge is -2.28. The number of carbonyl (C=O) groups excluding carboxylic acids is 1. The molecule has 27 heavy (non-hydrogen) atoms. The van der Waals surface area contributed by atoms with E-state index in [1.165, 1.54) is 0 Å². The Hall–Kier alpha value is -2.53. The van der Waals surface area contributed by atoms with Crippen LogP contribution in [0.4, 0.5) is 10.5 Å². The lowest BCUT2D eigenvalue weighted by Crippen LogP contribution is -2.37. The molecule has 2 heterocycles. The summed E-state index contributed by atoms with van der Waals surface area (Å²) in [5.74, 6) is 1.08. The molecule has 5 nitrogen and oxygen atoms in total. The Morgan fingerprint density at radius 2 is 1.93 bits per heavy atom. The van der Waals surface area contributed by atoms with Crippen molar-refractivity contribution >= 4 is 11.8 Å². The third kappa shape index (κ3) is 2.96. The first kappa shape index (κ1) is 17.9. The highest BCUT2D eigenvalue weighted by molar-refractivity contribution is 5.97. The Morgan fingerprint density at radius 1 is 1.19 bits per heavy atom. The van der Waals surface area contributed by atoms with Crippen LogP contribution in [-0.2, 0) is 22.7 Å². The smallest absolute Gasteiger partial charge is 0.414 e. The second-order valence-corrected chi connectivity index (χ2v) is 7.54. The zero-order valence-electron chi connectivity index (χ0n) is 16.2. The van der Waals surface area contributed by atoms with Gasteiger partial charge in [0, 0.05) is 11.1 Å². The average Bonchev–Trinajstić information content (AvgIpc) is 3.26. The molecule has 0 saturated carbocycles. The first-order valence-corrected chi connectivity index (χ1v) is 9.34. The van der Waals surface area contributed by atoms with E-state index >= 15 is 0 Å². The number of ether oxygens (including phenoxy) is 3. The van der Waals surface area contributed by atoms with Crippen molar-refractivity contribution in [2.24, 2.45) is 5.92 Å². The molecule has 1 atom stereocenters. The van der Waals surface area contributed by atoms with E-state index in [4.69, 9.17) is 14.2 Å². The van der Waals surface area contributed by atoms with Crippen molar-refractivity contribution in [3.8, 4) is 16.9 Å². The van der Waals surface area contributed by atoms with Crippen LogP contribution in [0, 0.1) is 12.8 Å². The van der Waals surface area contributed by atoms with Gasteiger partial charge in [0.1, 0.15) is 12.4 Å². The fourth-order valence-electron chi connectivity index (χ4n) is 3.98. The number of nitrogens with zero attached hydrogens (tertiary/aromatic N) is 1. The normalized spacial score (nSPS) is 18.8. The van der Waals surface area contributed by atoms with Gasteiger partial charge in [0.2, 0.25) is 0 Å². The number of amides is 1. The summed E-state index contributed by atoms with van der Waals surface area (Å²) in [4.78, 5) is 14.5. The Bertz CT molecular complexity index is 890. The highest BCUT2D eigenvalue weighted by Crippen LogP contribution is 2.44. The number of rotatable bonds is 4. The van der Waals surface area contributed by atoms with Gasteiger partial charge in [-0.05, 0) is 47.7 Å². The summed E-state index contributed by atoms with van der Waals surface area (Å²) in [6.45, 7) is 7.87. The molecule has 2 aliphatic rings. The Labute approximate surface area is 159 Å². The molecule has 142 valence electrons. The van der Waals surface area contributed by atoms with Crippen molar-refractivity contribution in [3.63, 3.8) is 0 Å². The Kier molecular flexibility index (Phi) is 4.56. The second kappa shape index (κ2) is 6.89. The topological polar surface area (TPSA) is 48.0 Å². The van der Waals surface area contributed by atoms with Crippen LogP contribution in [0.25, 0.3) is 11.1 Å². The van der Waals surface area contributed by atoms with Crippen molar-refractivity contribution in [2.75, 3.05) is 18.6 Å². The fraction of sp³-hybridized carbons (Fsp3) is 0.409. The molecule has 0 spiro atoms. The molecular weight excluding hydrogens is 342 g/mol. The average molecular weight is 367 g/mol. The zero-order chi connectivity index (χ0) is 19.1. The largest absolute Gasteiger partial charge is 0.496 e. The Morgan fingerprint density at radius 3 is 2.63 bits per heavy atom. The lowest BCUT2D eigenvalue weighted by molar-refractivity contribution is 0.134. The molecule has 0 aromatic heterocycles. The van der Waals surface area contributed by atoms with Crippen LogP contribution in [0.3, 0.4) is 0 Å². The van der Waals surface area contributed by atoms with Gasteiger partial charge in [0.25, 0.3) is 0 Å². The van der Waals surface area contributed by atoms with Crippen LogP contribution < -0.4 is 9.64 Å². The van der Waals surface area contributed by atoms with Gasteiger partial charge in [0.05, 0.1) is 32.1 Å². The molecule has 2 aromatic rings. The number of cyclic esters (lactones) is 1. The third-order valence-corrected chi connectivity index (χ3v) is 5.49. The van der Waals surface area contributed by atoms with Gasteiger partial charge in [-0.15, -0.1) is 0 Å². The second-order valence-electron chi connectivity index (χ2n) is 7.54. The molecule has 1 fully saturated rings. The van der Waals surface area contributed by atoms with Crippen LogP contribution in [-0.4, -0.2) is 25.9 Å². The molecular formula is C22H25NO4. The minimum atomic E-state index is -0.290. The molecule has 0 bridgehead atoms. The number of hydrogen-bond donors (Lipinski definition) is 0. The first-order valence-electron chi connectivity index (χ1n) is 9.34. The summed E-state index contributed by atoms with van der Waals surface area (Å²) < 4.78 is 16.7. The van der Waals surface area contributed by atoms with Crippen LogP contribution in [0.1, 0.15) is 30.5 Å². The Balaban J connectivity index is 1.96. The van der Waals surface area contributed by atoms with Crippen molar-refractivity contribution in [1.82, 2.24) is 0 Å². The van der Waals surface area contributed by atoms with Gasteiger partial charge in [0.15, 0.2) is 0 Å². The molecule has 4 rings (SSSR count). The van der Waals surface area contributed by atoms with Gasteiger partial charge < -0.3 is 14.2 Å². The van der Waals surface area contributed by atoms with Crippen LogP contribution in [0.15, 0.2) is 30.3 Å². The summed E-state index contributed by atoms with van der Waals surface area (Å²) in [7, 11) is 1.68. The monoisotopic (exact) mass is 367 g/mol. The molecule has 2 aliphatic heterocycles. The molecule has 5 heteroatoms. The van der Waals surface area contributed by atoms with Crippen LogP contribution in [0.5, 0.6) is 5.75 Å². The summed E-state index contributed by atoms with van der Waals surface area (Å²) in [6, 6.07) is 10.2. The van der Waals surface area contributed by atoms with Crippen molar-refractivity contribution in [2.45, 2.75) is 40.0 Å². The number of carbonyl (C=O) groups is 1. The SMILES string of the molecule is COc1cccc(C)c1-c1cc2c(cc1N1C(=O)OC[C@H]1C(C)C)COC2. The highest BCUT2D eigenvalue weighted by Gasteiger charge is 2.38. The fourth-order valence-corrected chi connectivity index (χ4v) is 3.98. The van der Waals surface area contributed by atoms with Crippen LogP contribution >= 0.6 is 0 Å². The minimum Gasteiger partial charge on any atom is -0.496 e. The number of anilines is 1. The minimum absolute atomic E-state index is 0.00614. The van der Waals surface area contributed by atoms with Crippen molar-refractivity contribution < 1.29 is 19.0 Å². The maximum absolute atomic E-state index is 12.7. The number of methoxy groups -OCH3 is 1. The molecule has 0 aliphatic carbocycles. The summed E-state index contributed by atoms with van der Waals surface area (Å²) in [5, 5.41) is 0. The molecule has 0 radical (unpaired) electrons. The van der Waals surface area contributed by atoms with E-state index in [9.17, 15) is 4.79 Å². The van der Waals surface area contributed by atoms with E-state index in [0.717, 1.165) is 39.3 Å². The number of fused-ring (bicyclic) bond motifs is 1. The molecule has 1 amide bonds. The van der Waals surface area contributed by atoms with E-state index in [2.05, 4.69) is 39.0 Å². The van der Waals surface area contributed by atoms with Gasteiger partial charge in [-0.2, -0.15) is 0 Å². The van der Waals surface area contributed by atoms with Gasteiger partial charge in [-0.3, -0.25) is 4.90 Å². The summed E-state index contributed by atoms with van der Waals surface area (Å²) in [6.07, 6.45) is -0.290. The molecule has 2 aromatic carbocycles. The summed E-state index contributed by atoms with van der Waals surface area (Å²) in [5.41, 5.74) is 6.25. The number of benzene rings is 2. The molecule has 1 saturated heterocycles. The molecule has 0 N–H and O–H groups in total. The number of hydrogen-bond acceptors (Lipinski definition) is 4. The maximum atomic E-state index is 12.7. The number of aryl methyl sites for hydroxylation is 1. The van der Waals surface area contributed by atoms with Crippen LogP contribution in [0.2, 0.25) is 0 Å². The van der Waals surface area contributed by atoms with Gasteiger partial charge >= 0.3 is 6.09 Å². The zero-order valence-corrected chi connectivity index (χ0v) is 16.2. The van der Waals surface area contributed by atoms with Gasteiger partial charge in [-0.25, -0.2) is 4.79 Å². The quantitative estimate of drug-likeness (QED) is 0.787. The van der Waals surface area contributed by atoms with Crippen molar-refractivity contribution in [1.29, 1.82) is 0 Å². The highest BCUT2D eigenvalue weighted by atomic mass is 16.6. The standard InChI is InChI=1S/C22H25NO4/c1-13(2)19-12-27-22(24)23(19)18-9-16-11-26-10-15(16)8-17(18)21-14(3)6-5-7-20(21)25-4/h5-9,13,19H,10-12H2,1-4H3/t19-/m0/s1. The van der Waals surface area contributed by atoms with E-state index in [0.29, 0.717) is 19.8 Å². The third-order valence-electron chi connectivity index (χ3n) is 5.49. The lowest BCUT2D eigenvalue weighted by atomic mass is 9.92. The molecule has 0 unspecified atom stereocenters. The predicted molar refractivity (Wildman–Crippen MR) is 104 cm³/mol. The first-order chi connectivity index (χ1) is 13.0. The van der Waals surface area contributed by atoms with E-state index in [-0.39, 0.29) is 18.1 Å². The maximum Gasteiger partial charge on any atom is 0.414 e. The van der Waals surface area contributed by atoms with E-state index in [1.54, 1.807) is 7.11 Å². The summed E-state index contributed by atoms with van der Waals surface area (Å²) >= 11 is 0. The van der Waals surface area contributed by atoms with E-state index in [1.807, 2.05) is 17.0 Å². The van der Waals surface area contributed by atoms with Crippen molar-refractivity contribution in [3.05, 3.63) is 47.0 Å². The predicted octanol–water partition coefficient (Wildman–Crippen LogP) is 4.68. The van der Waals surface area contributed by atoms with E-state index < -0.39 is 0 Å².